The van der Waals surface area contributed by atoms with Crippen LogP contribution in [-0.4, -0.2) is 9.97 Å². The van der Waals surface area contributed by atoms with Crippen LogP contribution in [0.2, 0.25) is 0 Å². The molecule has 5 aromatic heterocycles. The van der Waals surface area contributed by atoms with Crippen LogP contribution in [0.3, 0.4) is 0 Å². The summed E-state index contributed by atoms with van der Waals surface area (Å²) in [6.45, 7) is 14.5. The van der Waals surface area contributed by atoms with Gasteiger partial charge in [-0.1, -0.05) is 41.6 Å². The van der Waals surface area contributed by atoms with Crippen LogP contribution in [0, 0.1) is 54.7 Å². The number of furan rings is 1. The third-order valence-electron chi connectivity index (χ3n) is 7.52. The first-order chi connectivity index (χ1) is 19.7. The molecule has 0 unspecified atom stereocenters. The summed E-state index contributed by atoms with van der Waals surface area (Å²) >= 11 is 1.72. The Hall–Kier alpha value is -3.96. The number of nitrogens with zero attached hydrogens (tertiary/aromatic N) is 3. The Balaban J connectivity index is 0.000000174. The average Bonchev–Trinajstić information content (AvgIpc) is 3.50. The zero-order chi connectivity index (χ0) is 28.8. The van der Waals surface area contributed by atoms with Crippen LogP contribution >= 0.6 is 11.3 Å². The summed E-state index contributed by atoms with van der Waals surface area (Å²) in [7, 11) is 4.05. The topological polar surface area (TPSA) is 42.8 Å². The Morgan fingerprint density at radius 1 is 0.881 bits per heavy atom. The summed E-state index contributed by atoms with van der Waals surface area (Å²) in [6.07, 6.45) is 3.99. The second kappa shape index (κ2) is 11.7. The van der Waals surface area contributed by atoms with E-state index in [-0.39, 0.29) is 20.1 Å². The van der Waals surface area contributed by atoms with Gasteiger partial charge in [0, 0.05) is 24.3 Å². The Kier molecular flexibility index (Phi) is 8.25. The molecule has 2 aromatic carbocycles. The van der Waals surface area contributed by atoms with Gasteiger partial charge in [-0.25, -0.2) is 4.98 Å². The summed E-state index contributed by atoms with van der Waals surface area (Å²) in [4.78, 5) is 9.13. The van der Waals surface area contributed by atoms with Crippen LogP contribution in [0.4, 0.5) is 0 Å². The molecule has 42 heavy (non-hydrogen) atoms. The quantitative estimate of drug-likeness (QED) is 0.131. The molecule has 5 heterocycles. The molecule has 0 saturated carbocycles. The predicted octanol–water partition coefficient (Wildman–Crippen LogP) is 9.06. The van der Waals surface area contributed by atoms with Crippen molar-refractivity contribution in [1.29, 1.82) is 0 Å². The molecule has 0 amide bonds. The van der Waals surface area contributed by atoms with Crippen molar-refractivity contribution in [2.24, 2.45) is 0 Å². The van der Waals surface area contributed by atoms with Crippen LogP contribution in [0.25, 0.3) is 54.7 Å². The van der Waals surface area contributed by atoms with Gasteiger partial charge in [0.2, 0.25) is 5.71 Å². The summed E-state index contributed by atoms with van der Waals surface area (Å²) < 4.78 is 9.18. The smallest absolute Gasteiger partial charge is 0.486 e. The SMILES string of the molecule is Cc1ccc2c(n1)oc1c(-c3cc4c(C)csc4cn3)[c-]ccc12.[CH2-]c1cc(C)ccc1-c1cc(C)c(C)c[n+]1[CH2-].[Ir+3]. The number of hydrogen-bond donors (Lipinski definition) is 0. The van der Waals surface area contributed by atoms with E-state index in [1.807, 2.05) is 35.9 Å². The van der Waals surface area contributed by atoms with Gasteiger partial charge < -0.3 is 14.0 Å². The number of fused-ring (bicyclic) bond motifs is 4. The van der Waals surface area contributed by atoms with Crippen molar-refractivity contribution in [3.63, 3.8) is 0 Å². The van der Waals surface area contributed by atoms with Gasteiger partial charge in [0.15, 0.2) is 0 Å². The van der Waals surface area contributed by atoms with Gasteiger partial charge in [-0.05, 0) is 67.4 Å². The van der Waals surface area contributed by atoms with E-state index < -0.39 is 0 Å². The Morgan fingerprint density at radius 2 is 1.69 bits per heavy atom. The van der Waals surface area contributed by atoms with E-state index in [4.69, 9.17) is 4.42 Å². The molecule has 0 aliphatic rings. The first-order valence-electron chi connectivity index (χ1n) is 13.5. The van der Waals surface area contributed by atoms with Gasteiger partial charge in [-0.3, -0.25) is 0 Å². The number of hydrogen-bond acceptors (Lipinski definition) is 4. The number of aryl methyl sites for hydroxylation is 5. The third-order valence-corrected chi connectivity index (χ3v) is 8.57. The zero-order valence-electron chi connectivity index (χ0n) is 24.3. The maximum Gasteiger partial charge on any atom is 3.00 e. The van der Waals surface area contributed by atoms with Gasteiger partial charge in [0.1, 0.15) is 0 Å². The zero-order valence-corrected chi connectivity index (χ0v) is 27.5. The van der Waals surface area contributed by atoms with Gasteiger partial charge in [-0.2, -0.15) is 18.6 Å². The monoisotopic (exact) mass is 746 g/mol. The molecule has 7 rings (SSSR count). The molecular formula is C36H31IrN3OS+. The van der Waals surface area contributed by atoms with E-state index in [1.54, 1.807) is 11.3 Å². The fraction of sp³-hybridized carbons (Fsp3) is 0.139. The van der Waals surface area contributed by atoms with Crippen LogP contribution < -0.4 is 4.57 Å². The summed E-state index contributed by atoms with van der Waals surface area (Å²) in [5.41, 5.74) is 12.5. The number of rotatable bonds is 2. The second-order valence-corrected chi connectivity index (χ2v) is 11.6. The fourth-order valence-corrected chi connectivity index (χ4v) is 6.00. The van der Waals surface area contributed by atoms with Gasteiger partial charge in [-0.15, -0.1) is 46.7 Å². The van der Waals surface area contributed by atoms with Gasteiger partial charge >= 0.3 is 20.1 Å². The molecule has 0 atom stereocenters. The van der Waals surface area contributed by atoms with Crippen molar-refractivity contribution in [2.75, 3.05) is 0 Å². The molecule has 0 bridgehead atoms. The van der Waals surface area contributed by atoms with Crippen LogP contribution in [0.5, 0.6) is 0 Å². The number of pyridine rings is 3. The van der Waals surface area contributed by atoms with E-state index in [9.17, 15) is 0 Å². The summed E-state index contributed by atoms with van der Waals surface area (Å²) in [5.74, 6) is 0. The molecule has 4 nitrogen and oxygen atoms in total. The normalized spacial score (nSPS) is 11.0. The largest absolute Gasteiger partial charge is 3.00 e. The fourth-order valence-electron chi connectivity index (χ4n) is 5.11. The van der Waals surface area contributed by atoms with E-state index in [0.717, 1.165) is 50.1 Å². The molecule has 0 radical (unpaired) electrons. The molecule has 0 fully saturated rings. The minimum Gasteiger partial charge on any atom is -0.486 e. The predicted molar refractivity (Wildman–Crippen MR) is 170 cm³/mol. The van der Waals surface area contributed by atoms with Crippen molar-refractivity contribution in [1.82, 2.24) is 9.97 Å². The van der Waals surface area contributed by atoms with Crippen LogP contribution in [0.15, 0.2) is 76.8 Å². The van der Waals surface area contributed by atoms with E-state index in [1.165, 1.54) is 32.3 Å². The molecule has 0 N–H and O–H groups in total. The Labute approximate surface area is 264 Å². The van der Waals surface area contributed by atoms with Crippen LogP contribution in [-0.2, 0) is 20.1 Å². The standard InChI is InChI=1S/C20H13N2OS.C16H18N.Ir/c1-11-10-24-18-9-21-17(8-16(11)18)15-5-3-4-13-14-7-6-12(2)22-20(14)23-19(13)15;1-11-6-7-15(13(3)8-11)16-9-12(2)14(4)10-17(16)5;/h3-4,6-10H,1-2H3;6-10H,3,5H2,1-2,4H3;/q2*-1;+3. The minimum absolute atomic E-state index is 0. The van der Waals surface area contributed by atoms with E-state index in [2.05, 4.69) is 106 Å². The van der Waals surface area contributed by atoms with Gasteiger partial charge in [0.05, 0.1) is 22.2 Å². The van der Waals surface area contributed by atoms with Crippen molar-refractivity contribution in [2.45, 2.75) is 34.6 Å². The van der Waals surface area contributed by atoms with E-state index >= 15 is 0 Å². The molecule has 6 heteroatoms. The third kappa shape index (κ3) is 5.46. The number of thiophene rings is 1. The van der Waals surface area contributed by atoms with Crippen molar-refractivity contribution < 1.29 is 29.1 Å². The second-order valence-electron chi connectivity index (χ2n) is 10.6. The molecule has 0 aliphatic carbocycles. The van der Waals surface area contributed by atoms with Crippen molar-refractivity contribution in [3.05, 3.63) is 126 Å². The minimum atomic E-state index is 0. The Morgan fingerprint density at radius 3 is 2.48 bits per heavy atom. The molecule has 0 spiro atoms. The first-order valence-corrected chi connectivity index (χ1v) is 14.4. The summed E-state index contributed by atoms with van der Waals surface area (Å²) in [6, 6.07) is 21.9. The van der Waals surface area contributed by atoms with Crippen LogP contribution in [0.1, 0.15) is 33.5 Å². The number of aromatic nitrogens is 3. The van der Waals surface area contributed by atoms with Gasteiger partial charge in [0.25, 0.3) is 0 Å². The molecule has 210 valence electrons. The van der Waals surface area contributed by atoms with Crippen molar-refractivity contribution >= 4 is 43.5 Å². The molecule has 0 aliphatic heterocycles. The van der Waals surface area contributed by atoms with Crippen molar-refractivity contribution in [3.8, 4) is 22.5 Å². The average molecular weight is 746 g/mol. The van der Waals surface area contributed by atoms with E-state index in [0.29, 0.717) is 5.71 Å². The number of benzene rings is 2. The maximum absolute atomic E-state index is 6.06. The maximum atomic E-state index is 6.06. The molecule has 7 aromatic rings. The molecule has 0 saturated heterocycles. The Bertz CT molecular complexity index is 2090. The first kappa shape index (κ1) is 29.5. The molecular weight excluding hydrogens is 715 g/mol. The summed E-state index contributed by atoms with van der Waals surface area (Å²) in [5, 5.41) is 5.48.